The Morgan fingerprint density at radius 3 is 2.22 bits per heavy atom. The van der Waals surface area contributed by atoms with Crippen molar-refractivity contribution in [1.82, 2.24) is 0 Å². The molecule has 18 heavy (non-hydrogen) atoms. The van der Waals surface area contributed by atoms with Crippen LogP contribution in [0, 0.1) is 0 Å². The van der Waals surface area contributed by atoms with Crippen LogP contribution in [0.3, 0.4) is 0 Å². The molecule has 0 heterocycles. The highest BCUT2D eigenvalue weighted by Gasteiger charge is 2.48. The zero-order valence-corrected chi connectivity index (χ0v) is 11.7. The van der Waals surface area contributed by atoms with Gasteiger partial charge in [0, 0.05) is 18.6 Å². The number of hydrogen-bond donors (Lipinski definition) is 0. The number of hydrogen-bond acceptors (Lipinski definition) is 4. The molecule has 0 unspecified atom stereocenters. The average Bonchev–Trinajstić information content (AvgIpc) is 2.14. The van der Waals surface area contributed by atoms with Gasteiger partial charge in [-0.05, 0) is 34.1 Å². The second-order valence-electron chi connectivity index (χ2n) is 3.49. The predicted molar refractivity (Wildman–Crippen MR) is 64.1 cm³/mol. The van der Waals surface area contributed by atoms with Crippen LogP contribution in [0.15, 0.2) is 22.7 Å². The third-order valence-corrected chi connectivity index (χ3v) is 3.50. The van der Waals surface area contributed by atoms with Gasteiger partial charge in [0.15, 0.2) is 0 Å². The second-order valence-corrected chi connectivity index (χ2v) is 5.88. The molecule has 0 atom stereocenters. The molecule has 0 radical (unpaired) electrons. The Bertz CT molecular complexity index is 542. The van der Waals surface area contributed by atoms with Crippen molar-refractivity contribution in [3.8, 4) is 5.75 Å². The van der Waals surface area contributed by atoms with Gasteiger partial charge in [-0.15, -0.1) is 0 Å². The Balaban J connectivity index is 3.05. The molecule has 0 fully saturated rings. The van der Waals surface area contributed by atoms with E-state index in [1.54, 1.807) is 19.0 Å². The van der Waals surface area contributed by atoms with Crippen molar-refractivity contribution in [3.05, 3.63) is 22.7 Å². The Labute approximate surface area is 111 Å². The highest BCUT2D eigenvalue weighted by molar-refractivity contribution is 9.10. The van der Waals surface area contributed by atoms with Crippen LogP contribution in [-0.2, 0) is 10.1 Å². The van der Waals surface area contributed by atoms with Gasteiger partial charge in [0.2, 0.25) is 0 Å². The third kappa shape index (κ3) is 3.29. The first-order valence-electron chi connectivity index (χ1n) is 4.52. The molecular formula is C9H9BrF3NO3S. The summed E-state index contributed by atoms with van der Waals surface area (Å²) < 4.78 is 62.2. The van der Waals surface area contributed by atoms with Crippen LogP contribution in [0.5, 0.6) is 5.75 Å². The molecule has 1 aromatic rings. The maximum Gasteiger partial charge on any atom is 0.534 e. The minimum Gasteiger partial charge on any atom is -0.377 e. The summed E-state index contributed by atoms with van der Waals surface area (Å²) in [6.07, 6.45) is 0. The van der Waals surface area contributed by atoms with Gasteiger partial charge in [0.05, 0.1) is 5.69 Å². The number of rotatable bonds is 3. The lowest BCUT2D eigenvalue weighted by atomic mass is 10.3. The predicted octanol–water partition coefficient (Wildman–Crippen LogP) is 2.74. The highest BCUT2D eigenvalue weighted by Crippen LogP contribution is 2.32. The fourth-order valence-corrected chi connectivity index (χ4v) is 2.24. The second kappa shape index (κ2) is 4.96. The molecule has 1 aromatic carbocycles. The van der Waals surface area contributed by atoms with Crippen molar-refractivity contribution in [3.63, 3.8) is 0 Å². The van der Waals surface area contributed by atoms with Crippen LogP contribution < -0.4 is 9.08 Å². The summed E-state index contributed by atoms with van der Waals surface area (Å²) in [6.45, 7) is 0. The molecule has 0 spiro atoms. The molecule has 0 bridgehead atoms. The van der Waals surface area contributed by atoms with E-state index in [1.807, 2.05) is 0 Å². The summed E-state index contributed by atoms with van der Waals surface area (Å²) in [4.78, 5) is 1.70. The molecule has 0 aliphatic heterocycles. The molecule has 4 nitrogen and oxygen atoms in total. The zero-order chi connectivity index (χ0) is 14.1. The molecule has 1 rings (SSSR count). The van der Waals surface area contributed by atoms with Crippen molar-refractivity contribution in [2.24, 2.45) is 0 Å². The number of halogens is 4. The Morgan fingerprint density at radius 1 is 1.28 bits per heavy atom. The van der Waals surface area contributed by atoms with Gasteiger partial charge in [-0.2, -0.15) is 21.6 Å². The van der Waals surface area contributed by atoms with Crippen LogP contribution in [0.1, 0.15) is 0 Å². The van der Waals surface area contributed by atoms with E-state index < -0.39 is 21.4 Å². The summed E-state index contributed by atoms with van der Waals surface area (Å²) in [5.74, 6) is -0.412. The van der Waals surface area contributed by atoms with Crippen molar-refractivity contribution in [2.45, 2.75) is 5.51 Å². The van der Waals surface area contributed by atoms with E-state index in [0.717, 1.165) is 12.1 Å². The fraction of sp³-hybridized carbons (Fsp3) is 0.333. The quantitative estimate of drug-likeness (QED) is 0.623. The van der Waals surface area contributed by atoms with Crippen LogP contribution in [-0.4, -0.2) is 28.0 Å². The van der Waals surface area contributed by atoms with Crippen LogP contribution in [0.4, 0.5) is 18.9 Å². The molecule has 9 heteroatoms. The van der Waals surface area contributed by atoms with Gasteiger partial charge >= 0.3 is 15.6 Å². The van der Waals surface area contributed by atoms with E-state index in [1.165, 1.54) is 6.07 Å². The Morgan fingerprint density at radius 2 is 1.83 bits per heavy atom. The number of alkyl halides is 3. The maximum absolute atomic E-state index is 12.1. The SMILES string of the molecule is CN(C)c1ccc(OS(=O)(=O)C(F)(F)F)cc1Br. The van der Waals surface area contributed by atoms with E-state index >= 15 is 0 Å². The lowest BCUT2D eigenvalue weighted by Crippen LogP contribution is -2.28. The van der Waals surface area contributed by atoms with Crippen molar-refractivity contribution < 1.29 is 25.8 Å². The van der Waals surface area contributed by atoms with Crippen LogP contribution in [0.25, 0.3) is 0 Å². The van der Waals surface area contributed by atoms with E-state index in [4.69, 9.17) is 0 Å². The first-order valence-corrected chi connectivity index (χ1v) is 6.72. The summed E-state index contributed by atoms with van der Waals surface area (Å²) in [5, 5.41) is 0. The molecule has 0 amide bonds. The van der Waals surface area contributed by atoms with Crippen molar-refractivity contribution >= 4 is 31.7 Å². The standard InChI is InChI=1S/C9H9BrF3NO3S/c1-14(2)8-4-3-6(5-7(8)10)17-18(15,16)9(11,12)13/h3-5H,1-2H3. The lowest BCUT2D eigenvalue weighted by molar-refractivity contribution is -0.0500. The molecule has 0 aliphatic rings. The molecular weight excluding hydrogens is 339 g/mol. The molecule has 0 aliphatic carbocycles. The van der Waals surface area contributed by atoms with E-state index in [-0.39, 0.29) is 0 Å². The van der Waals surface area contributed by atoms with E-state index in [9.17, 15) is 21.6 Å². The Kier molecular flexibility index (Phi) is 4.16. The maximum atomic E-state index is 12.1. The monoisotopic (exact) mass is 347 g/mol. The summed E-state index contributed by atoms with van der Waals surface area (Å²) >= 11 is 3.11. The lowest BCUT2D eigenvalue weighted by Gasteiger charge is -2.15. The van der Waals surface area contributed by atoms with Gasteiger partial charge in [0.1, 0.15) is 5.75 Å². The topological polar surface area (TPSA) is 46.6 Å². The number of anilines is 1. The molecule has 0 aromatic heterocycles. The minimum atomic E-state index is -5.64. The average molecular weight is 348 g/mol. The van der Waals surface area contributed by atoms with Gasteiger partial charge < -0.3 is 9.08 Å². The summed E-state index contributed by atoms with van der Waals surface area (Å²) in [6, 6.07) is 3.73. The van der Waals surface area contributed by atoms with Crippen LogP contribution in [0.2, 0.25) is 0 Å². The van der Waals surface area contributed by atoms with Crippen LogP contribution >= 0.6 is 15.9 Å². The molecule has 102 valence electrons. The minimum absolute atomic E-state index is 0.412. The third-order valence-electron chi connectivity index (χ3n) is 1.89. The fourth-order valence-electron chi connectivity index (χ4n) is 1.08. The largest absolute Gasteiger partial charge is 0.534 e. The van der Waals surface area contributed by atoms with E-state index in [0.29, 0.717) is 10.2 Å². The van der Waals surface area contributed by atoms with Crippen molar-refractivity contribution in [1.29, 1.82) is 0 Å². The molecule has 0 saturated carbocycles. The van der Waals surface area contributed by atoms with E-state index in [2.05, 4.69) is 20.1 Å². The van der Waals surface area contributed by atoms with Gasteiger partial charge in [-0.1, -0.05) is 0 Å². The van der Waals surface area contributed by atoms with Gasteiger partial charge in [-0.25, -0.2) is 0 Å². The molecule has 0 saturated heterocycles. The number of nitrogens with zero attached hydrogens (tertiary/aromatic N) is 1. The number of benzene rings is 1. The van der Waals surface area contributed by atoms with Crippen molar-refractivity contribution in [2.75, 3.05) is 19.0 Å². The smallest absolute Gasteiger partial charge is 0.377 e. The summed E-state index contributed by atoms with van der Waals surface area (Å²) in [7, 11) is -2.18. The van der Waals surface area contributed by atoms with Gasteiger partial charge in [0.25, 0.3) is 0 Å². The molecule has 0 N–H and O–H groups in total. The normalized spacial score (nSPS) is 12.3. The summed E-state index contributed by atoms with van der Waals surface area (Å²) in [5.41, 5.74) is -4.77. The van der Waals surface area contributed by atoms with Gasteiger partial charge in [-0.3, -0.25) is 0 Å². The Hall–Kier alpha value is -0.960. The first-order chi connectivity index (χ1) is 8.04. The zero-order valence-electron chi connectivity index (χ0n) is 9.32. The highest BCUT2D eigenvalue weighted by atomic mass is 79.9. The first kappa shape index (κ1) is 15.1.